The number of carbonyl (C=O) groups excluding carboxylic acids is 2. The fourth-order valence-corrected chi connectivity index (χ4v) is 1.94. The van der Waals surface area contributed by atoms with Gasteiger partial charge in [0.1, 0.15) is 11.6 Å². The molecule has 2 aromatic rings. The van der Waals surface area contributed by atoms with Crippen LogP contribution >= 0.6 is 0 Å². The molecule has 0 atom stereocenters. The van der Waals surface area contributed by atoms with Crippen LogP contribution in [0.1, 0.15) is 15.9 Å². The van der Waals surface area contributed by atoms with E-state index < -0.39 is 35.7 Å². The monoisotopic (exact) mass is 319 g/mol. The summed E-state index contributed by atoms with van der Waals surface area (Å²) >= 11 is 0. The number of aryl methyl sites for hydroxylation is 1. The maximum atomic E-state index is 13.4. The van der Waals surface area contributed by atoms with Crippen molar-refractivity contribution in [3.05, 3.63) is 65.2 Å². The molecule has 1 amide bonds. The molecule has 0 fully saturated rings. The topological polar surface area (TPSA) is 46.6 Å². The Morgan fingerprint density at radius 2 is 1.87 bits per heavy atom. The van der Waals surface area contributed by atoms with Crippen molar-refractivity contribution < 1.29 is 23.1 Å². The first kappa shape index (κ1) is 16.6. The number of anilines is 1. The minimum Gasteiger partial charge on any atom is -0.452 e. The number of ether oxygens (including phenoxy) is 1. The lowest BCUT2D eigenvalue weighted by Gasteiger charge is -2.17. The fraction of sp³-hybridized carbons (Fsp3) is 0.176. The summed E-state index contributed by atoms with van der Waals surface area (Å²) in [5.41, 5.74) is 1.07. The van der Waals surface area contributed by atoms with Crippen LogP contribution in [0.15, 0.2) is 42.5 Å². The van der Waals surface area contributed by atoms with Crippen molar-refractivity contribution in [3.8, 4) is 0 Å². The number of amides is 1. The van der Waals surface area contributed by atoms with E-state index in [1.165, 1.54) is 11.9 Å². The Morgan fingerprint density at radius 1 is 1.13 bits per heavy atom. The summed E-state index contributed by atoms with van der Waals surface area (Å²) in [5.74, 6) is -3.24. The van der Waals surface area contributed by atoms with Gasteiger partial charge in [0.05, 0.1) is 5.56 Å². The Labute approximate surface area is 132 Å². The van der Waals surface area contributed by atoms with Crippen molar-refractivity contribution in [1.82, 2.24) is 0 Å². The van der Waals surface area contributed by atoms with E-state index in [0.717, 1.165) is 23.8 Å². The molecule has 0 aliphatic heterocycles. The Balaban J connectivity index is 2.01. The molecule has 0 aliphatic carbocycles. The highest BCUT2D eigenvalue weighted by Crippen LogP contribution is 2.15. The summed E-state index contributed by atoms with van der Waals surface area (Å²) in [5, 5.41) is 0. The second-order valence-corrected chi connectivity index (χ2v) is 4.99. The molecule has 0 spiro atoms. The van der Waals surface area contributed by atoms with E-state index in [4.69, 9.17) is 4.74 Å². The van der Waals surface area contributed by atoms with Crippen LogP contribution in [0.3, 0.4) is 0 Å². The lowest BCUT2D eigenvalue weighted by atomic mass is 10.2. The van der Waals surface area contributed by atoms with Crippen molar-refractivity contribution in [2.45, 2.75) is 6.92 Å². The largest absolute Gasteiger partial charge is 0.452 e. The van der Waals surface area contributed by atoms with Crippen LogP contribution in [0, 0.1) is 18.6 Å². The number of halogens is 2. The van der Waals surface area contributed by atoms with E-state index in [0.29, 0.717) is 5.69 Å². The Kier molecular flexibility index (Phi) is 5.05. The second kappa shape index (κ2) is 7.00. The van der Waals surface area contributed by atoms with E-state index in [1.807, 2.05) is 13.0 Å². The lowest BCUT2D eigenvalue weighted by molar-refractivity contribution is -0.121. The molecule has 0 saturated heterocycles. The number of likely N-dealkylation sites (N-methyl/N-ethyl adjacent to an activating group) is 1. The molecule has 4 nitrogen and oxygen atoms in total. The van der Waals surface area contributed by atoms with Crippen LogP contribution in [0.25, 0.3) is 0 Å². The van der Waals surface area contributed by atoms with Crippen LogP contribution in [0.2, 0.25) is 0 Å². The minimum absolute atomic E-state index is 0.485. The first-order chi connectivity index (χ1) is 10.9. The SMILES string of the molecule is Cc1cccc(N(C)C(=O)COC(=O)c2cc(F)ccc2F)c1. The number of rotatable bonds is 4. The van der Waals surface area contributed by atoms with E-state index >= 15 is 0 Å². The summed E-state index contributed by atoms with van der Waals surface area (Å²) in [6, 6.07) is 9.66. The smallest absolute Gasteiger partial charge is 0.341 e. The van der Waals surface area contributed by atoms with Crippen molar-refractivity contribution >= 4 is 17.6 Å². The summed E-state index contributed by atoms with van der Waals surface area (Å²) in [4.78, 5) is 25.1. The number of hydrogen-bond donors (Lipinski definition) is 0. The van der Waals surface area contributed by atoms with Crippen LogP contribution in [-0.2, 0) is 9.53 Å². The second-order valence-electron chi connectivity index (χ2n) is 4.99. The third-order valence-electron chi connectivity index (χ3n) is 3.24. The highest BCUT2D eigenvalue weighted by Gasteiger charge is 2.18. The highest BCUT2D eigenvalue weighted by atomic mass is 19.1. The van der Waals surface area contributed by atoms with E-state index in [1.54, 1.807) is 18.2 Å². The molecule has 0 unspecified atom stereocenters. The van der Waals surface area contributed by atoms with Crippen LogP contribution in [0.4, 0.5) is 14.5 Å². The first-order valence-electron chi connectivity index (χ1n) is 6.84. The minimum atomic E-state index is -1.09. The maximum absolute atomic E-state index is 13.4. The van der Waals surface area contributed by atoms with Gasteiger partial charge in [-0.05, 0) is 42.8 Å². The standard InChI is InChI=1S/C17H15F2NO3/c1-11-4-3-5-13(8-11)20(2)16(21)10-23-17(22)14-9-12(18)6-7-15(14)19/h3-9H,10H2,1-2H3. The van der Waals surface area contributed by atoms with Gasteiger partial charge in [0.25, 0.3) is 5.91 Å². The quantitative estimate of drug-likeness (QED) is 0.814. The number of nitrogens with zero attached hydrogens (tertiary/aromatic N) is 1. The molecular formula is C17H15F2NO3. The van der Waals surface area contributed by atoms with Gasteiger partial charge in [0.2, 0.25) is 0 Å². The van der Waals surface area contributed by atoms with Crippen LogP contribution in [0.5, 0.6) is 0 Å². The molecule has 0 aliphatic rings. The first-order valence-corrected chi connectivity index (χ1v) is 6.84. The van der Waals surface area contributed by atoms with Crippen molar-refractivity contribution in [2.24, 2.45) is 0 Å². The van der Waals surface area contributed by atoms with Crippen LogP contribution in [-0.4, -0.2) is 25.5 Å². The molecule has 2 rings (SSSR count). The highest BCUT2D eigenvalue weighted by molar-refractivity contribution is 5.96. The van der Waals surface area contributed by atoms with Gasteiger partial charge in [0.15, 0.2) is 6.61 Å². The Bertz CT molecular complexity index is 746. The number of esters is 1. The number of benzene rings is 2. The molecule has 120 valence electrons. The molecule has 0 bridgehead atoms. The number of carbonyl (C=O) groups is 2. The van der Waals surface area contributed by atoms with Crippen molar-refractivity contribution in [2.75, 3.05) is 18.6 Å². The van der Waals surface area contributed by atoms with Gasteiger partial charge in [-0.25, -0.2) is 13.6 Å². The molecule has 0 N–H and O–H groups in total. The summed E-state index contributed by atoms with van der Waals surface area (Å²) in [6.07, 6.45) is 0. The van der Waals surface area contributed by atoms with Crippen molar-refractivity contribution in [1.29, 1.82) is 0 Å². The van der Waals surface area contributed by atoms with Gasteiger partial charge in [-0.2, -0.15) is 0 Å². The van der Waals surface area contributed by atoms with Gasteiger partial charge in [-0.15, -0.1) is 0 Å². The Morgan fingerprint density at radius 3 is 2.57 bits per heavy atom. The molecule has 0 aromatic heterocycles. The third-order valence-corrected chi connectivity index (χ3v) is 3.24. The summed E-state index contributed by atoms with van der Waals surface area (Å²) in [7, 11) is 1.54. The molecule has 0 saturated carbocycles. The average Bonchev–Trinajstić information content (AvgIpc) is 2.53. The lowest BCUT2D eigenvalue weighted by Crippen LogP contribution is -2.31. The van der Waals surface area contributed by atoms with Crippen molar-refractivity contribution in [3.63, 3.8) is 0 Å². The zero-order valence-corrected chi connectivity index (χ0v) is 12.7. The zero-order valence-electron chi connectivity index (χ0n) is 12.7. The predicted octanol–water partition coefficient (Wildman–Crippen LogP) is 3.09. The van der Waals surface area contributed by atoms with Crippen LogP contribution < -0.4 is 4.90 Å². The summed E-state index contributed by atoms with van der Waals surface area (Å²) < 4.78 is 31.3. The zero-order chi connectivity index (χ0) is 17.0. The summed E-state index contributed by atoms with van der Waals surface area (Å²) in [6.45, 7) is 1.31. The molecular weight excluding hydrogens is 304 g/mol. The molecule has 23 heavy (non-hydrogen) atoms. The van der Waals surface area contributed by atoms with Gasteiger partial charge in [0, 0.05) is 12.7 Å². The number of hydrogen-bond acceptors (Lipinski definition) is 3. The molecule has 0 radical (unpaired) electrons. The van der Waals surface area contributed by atoms with Gasteiger partial charge in [-0.3, -0.25) is 4.79 Å². The Hall–Kier alpha value is -2.76. The molecule has 0 heterocycles. The maximum Gasteiger partial charge on any atom is 0.341 e. The normalized spacial score (nSPS) is 10.3. The molecule has 2 aromatic carbocycles. The third kappa shape index (κ3) is 4.12. The average molecular weight is 319 g/mol. The van der Waals surface area contributed by atoms with Gasteiger partial charge >= 0.3 is 5.97 Å². The predicted molar refractivity (Wildman–Crippen MR) is 81.2 cm³/mol. The molecule has 6 heteroatoms. The van der Waals surface area contributed by atoms with Gasteiger partial charge in [-0.1, -0.05) is 12.1 Å². The van der Waals surface area contributed by atoms with E-state index in [9.17, 15) is 18.4 Å². The van der Waals surface area contributed by atoms with E-state index in [2.05, 4.69) is 0 Å². The van der Waals surface area contributed by atoms with E-state index in [-0.39, 0.29) is 0 Å². The fourth-order valence-electron chi connectivity index (χ4n) is 1.94. The van der Waals surface area contributed by atoms with Gasteiger partial charge < -0.3 is 9.64 Å².